The molecule has 0 aliphatic carbocycles. The van der Waals surface area contributed by atoms with Gasteiger partial charge in [-0.3, -0.25) is 9.36 Å². The van der Waals surface area contributed by atoms with Gasteiger partial charge >= 0.3 is 11.7 Å². The summed E-state index contributed by atoms with van der Waals surface area (Å²) in [7, 11) is 0. The second kappa shape index (κ2) is 5.78. The largest absolute Gasteiger partial charge is 0.460 e. The molecular weight excluding hydrogens is 285 g/mol. The molecule has 1 aromatic heterocycles. The first-order chi connectivity index (χ1) is 9.81. The summed E-state index contributed by atoms with van der Waals surface area (Å²) >= 11 is 0. The Bertz CT molecular complexity index is 593. The molecule has 1 aromatic rings. The lowest BCUT2D eigenvalue weighted by Gasteiger charge is -2.21. The number of hydrogen-bond acceptors (Lipinski definition) is 7. The summed E-state index contributed by atoms with van der Waals surface area (Å²) in [5.74, 6) is -0.585. The Morgan fingerprint density at radius 3 is 2.90 bits per heavy atom. The van der Waals surface area contributed by atoms with Gasteiger partial charge in [-0.25, -0.2) is 9.18 Å². The summed E-state index contributed by atoms with van der Waals surface area (Å²) in [4.78, 5) is 26.1. The lowest BCUT2D eigenvalue weighted by molar-refractivity contribution is -0.157. The van der Waals surface area contributed by atoms with Gasteiger partial charge in [0.15, 0.2) is 12.4 Å². The minimum absolute atomic E-state index is 0.00460. The number of aromatic nitrogens is 2. The maximum atomic E-state index is 14.2. The number of nitrogens with zero attached hydrogens (tertiary/aromatic N) is 2. The van der Waals surface area contributed by atoms with Crippen molar-refractivity contribution in [1.82, 2.24) is 9.55 Å². The Morgan fingerprint density at radius 1 is 1.67 bits per heavy atom. The minimum Gasteiger partial charge on any atom is -0.460 e. The van der Waals surface area contributed by atoms with Crippen LogP contribution in [-0.4, -0.2) is 45.1 Å². The molecule has 0 aromatic carbocycles. The molecule has 1 saturated heterocycles. The predicted octanol–water partition coefficient (Wildman–Crippen LogP) is -0.627. The van der Waals surface area contributed by atoms with E-state index in [4.69, 9.17) is 15.2 Å². The summed E-state index contributed by atoms with van der Waals surface area (Å²) < 4.78 is 25.3. The number of halogens is 1. The third-order valence-electron chi connectivity index (χ3n) is 3.17. The maximum Gasteiger partial charge on any atom is 0.351 e. The molecule has 2 rings (SSSR count). The zero-order chi connectivity index (χ0) is 15.7. The predicted molar refractivity (Wildman–Crippen MR) is 69.0 cm³/mol. The van der Waals surface area contributed by atoms with E-state index >= 15 is 0 Å². The molecule has 9 heteroatoms. The summed E-state index contributed by atoms with van der Waals surface area (Å²) in [5, 5.41) is 9.87. The molecule has 0 amide bonds. The van der Waals surface area contributed by atoms with Gasteiger partial charge in [-0.1, -0.05) is 0 Å². The van der Waals surface area contributed by atoms with E-state index in [0.717, 1.165) is 4.57 Å². The number of alkyl halides is 1. The van der Waals surface area contributed by atoms with Crippen LogP contribution in [-0.2, 0) is 14.3 Å². The average molecular weight is 301 g/mol. The summed E-state index contributed by atoms with van der Waals surface area (Å²) in [6, 6.07) is 1.31. The van der Waals surface area contributed by atoms with E-state index in [2.05, 4.69) is 4.98 Å². The van der Waals surface area contributed by atoms with Crippen molar-refractivity contribution in [3.8, 4) is 0 Å². The van der Waals surface area contributed by atoms with Gasteiger partial charge in [0.2, 0.25) is 0 Å². The van der Waals surface area contributed by atoms with Crippen LogP contribution in [0, 0.1) is 0 Å². The van der Waals surface area contributed by atoms with Crippen molar-refractivity contribution in [1.29, 1.82) is 0 Å². The number of nitrogen functional groups attached to an aromatic ring is 1. The minimum atomic E-state index is -1.86. The van der Waals surface area contributed by atoms with Crippen LogP contribution in [0.2, 0.25) is 0 Å². The molecule has 1 aliphatic rings. The fraction of sp³-hybridized carbons (Fsp3) is 0.583. The van der Waals surface area contributed by atoms with Gasteiger partial charge in [0.25, 0.3) is 0 Å². The standard InChI is InChI=1S/C12H16FN3O5/c1-5(20-6(2)17)10-9(18)8(13)11(21-10)16-4-3-7(14)15-12(16)19/h3-5,8-11,18H,1-2H3,(H2,14,15,19). The first kappa shape index (κ1) is 15.4. The highest BCUT2D eigenvalue weighted by Gasteiger charge is 2.48. The number of rotatable bonds is 3. The van der Waals surface area contributed by atoms with Crippen molar-refractivity contribution in [2.45, 2.75) is 44.6 Å². The molecular formula is C12H16FN3O5. The molecule has 21 heavy (non-hydrogen) atoms. The zero-order valence-corrected chi connectivity index (χ0v) is 11.5. The normalized spacial score (nSPS) is 30.1. The van der Waals surface area contributed by atoms with Gasteiger partial charge in [0, 0.05) is 13.1 Å². The van der Waals surface area contributed by atoms with Crippen LogP contribution in [0.4, 0.5) is 10.2 Å². The molecule has 0 bridgehead atoms. The van der Waals surface area contributed by atoms with Crippen LogP contribution in [0.15, 0.2) is 17.1 Å². The molecule has 2 heterocycles. The number of carbonyl (C=O) groups is 1. The number of anilines is 1. The van der Waals surface area contributed by atoms with Crippen molar-refractivity contribution in [2.75, 3.05) is 5.73 Å². The van der Waals surface area contributed by atoms with Crippen LogP contribution in [0.25, 0.3) is 0 Å². The third-order valence-corrected chi connectivity index (χ3v) is 3.17. The Morgan fingerprint density at radius 2 is 2.33 bits per heavy atom. The second-order valence-corrected chi connectivity index (χ2v) is 4.78. The van der Waals surface area contributed by atoms with Crippen molar-refractivity contribution in [3.63, 3.8) is 0 Å². The Kier molecular flexibility index (Phi) is 4.24. The van der Waals surface area contributed by atoms with Crippen molar-refractivity contribution in [2.24, 2.45) is 0 Å². The Balaban J connectivity index is 2.23. The number of aliphatic hydroxyl groups is 1. The van der Waals surface area contributed by atoms with E-state index in [-0.39, 0.29) is 5.82 Å². The van der Waals surface area contributed by atoms with E-state index < -0.39 is 42.4 Å². The fourth-order valence-corrected chi connectivity index (χ4v) is 2.22. The summed E-state index contributed by atoms with van der Waals surface area (Å²) in [5.41, 5.74) is 4.56. The van der Waals surface area contributed by atoms with Gasteiger partial charge in [0.05, 0.1) is 0 Å². The lowest BCUT2D eigenvalue weighted by Crippen LogP contribution is -2.38. The number of aliphatic hydroxyl groups excluding tert-OH is 1. The van der Waals surface area contributed by atoms with Gasteiger partial charge < -0.3 is 20.3 Å². The Hall–Kier alpha value is -2.00. The molecule has 3 N–H and O–H groups in total. The van der Waals surface area contributed by atoms with Crippen LogP contribution in [0.3, 0.4) is 0 Å². The van der Waals surface area contributed by atoms with Gasteiger partial charge in [0.1, 0.15) is 24.1 Å². The molecule has 5 atom stereocenters. The molecule has 1 aliphatic heterocycles. The van der Waals surface area contributed by atoms with Crippen molar-refractivity contribution < 1.29 is 23.8 Å². The number of hydrogen-bond donors (Lipinski definition) is 2. The lowest BCUT2D eigenvalue weighted by atomic mass is 10.1. The molecule has 1 fully saturated rings. The van der Waals surface area contributed by atoms with Crippen LogP contribution in [0.1, 0.15) is 20.1 Å². The number of nitrogens with two attached hydrogens (primary N) is 1. The van der Waals surface area contributed by atoms with Crippen molar-refractivity contribution in [3.05, 3.63) is 22.7 Å². The van der Waals surface area contributed by atoms with Crippen LogP contribution < -0.4 is 11.4 Å². The number of carbonyl (C=O) groups excluding carboxylic acids is 1. The van der Waals surface area contributed by atoms with E-state index in [1.165, 1.54) is 26.1 Å². The molecule has 0 radical (unpaired) electrons. The molecule has 8 nitrogen and oxygen atoms in total. The highest BCUT2D eigenvalue weighted by atomic mass is 19.1. The zero-order valence-electron chi connectivity index (χ0n) is 11.5. The number of esters is 1. The first-order valence-electron chi connectivity index (χ1n) is 6.30. The monoisotopic (exact) mass is 301 g/mol. The first-order valence-corrected chi connectivity index (χ1v) is 6.30. The number of ether oxygens (including phenoxy) is 2. The SMILES string of the molecule is CC(=O)OC(C)C1OC(n2ccc(N)nc2=O)C(F)C1O. The van der Waals surface area contributed by atoms with Crippen LogP contribution in [0.5, 0.6) is 0 Å². The maximum absolute atomic E-state index is 14.2. The van der Waals surface area contributed by atoms with Gasteiger partial charge in [-0.2, -0.15) is 4.98 Å². The summed E-state index contributed by atoms with van der Waals surface area (Å²) in [6.45, 7) is 2.66. The quantitative estimate of drug-likeness (QED) is 0.714. The highest BCUT2D eigenvalue weighted by molar-refractivity contribution is 5.66. The topological polar surface area (TPSA) is 117 Å². The van der Waals surface area contributed by atoms with Gasteiger partial charge in [-0.05, 0) is 13.0 Å². The van der Waals surface area contributed by atoms with E-state index in [0.29, 0.717) is 0 Å². The highest BCUT2D eigenvalue weighted by Crippen LogP contribution is 2.33. The smallest absolute Gasteiger partial charge is 0.351 e. The van der Waals surface area contributed by atoms with E-state index in [1.807, 2.05) is 0 Å². The molecule has 0 saturated carbocycles. The molecule has 0 spiro atoms. The Labute approximate surface area is 119 Å². The van der Waals surface area contributed by atoms with Crippen LogP contribution >= 0.6 is 0 Å². The average Bonchev–Trinajstić information content (AvgIpc) is 2.66. The molecule has 116 valence electrons. The van der Waals surface area contributed by atoms with Crippen molar-refractivity contribution >= 4 is 11.8 Å². The third kappa shape index (κ3) is 3.03. The van der Waals surface area contributed by atoms with E-state index in [9.17, 15) is 19.1 Å². The van der Waals surface area contributed by atoms with Gasteiger partial charge in [-0.15, -0.1) is 0 Å². The molecule has 5 unspecified atom stereocenters. The second-order valence-electron chi connectivity index (χ2n) is 4.78. The van der Waals surface area contributed by atoms with E-state index in [1.54, 1.807) is 0 Å². The fourth-order valence-electron chi connectivity index (χ4n) is 2.22. The summed E-state index contributed by atoms with van der Waals surface area (Å²) in [6.07, 6.45) is -5.47.